The maximum absolute atomic E-state index is 2.37. The molecular weight excluding hydrogens is 227 g/mol. The van der Waals surface area contributed by atoms with Crippen LogP contribution in [0.25, 0.3) is 0 Å². The second kappa shape index (κ2) is 19.8. The van der Waals surface area contributed by atoms with Crippen molar-refractivity contribution in [3.8, 4) is 0 Å². The monoisotopic (exact) mass is 254 g/mol. The molecule has 0 aromatic heterocycles. The summed E-state index contributed by atoms with van der Waals surface area (Å²) in [5.41, 5.74) is 0. The van der Waals surface area contributed by atoms with Gasteiger partial charge in [-0.1, -0.05) is 58.1 Å². The van der Waals surface area contributed by atoms with Crippen LogP contribution in [-0.4, -0.2) is 0 Å². The molecule has 0 amide bonds. The van der Waals surface area contributed by atoms with Crippen LogP contribution in [0.5, 0.6) is 0 Å². The summed E-state index contributed by atoms with van der Waals surface area (Å²) in [7, 11) is 0. The van der Waals surface area contributed by atoms with Gasteiger partial charge in [0, 0.05) is 0 Å². The second-order valence-corrected chi connectivity index (χ2v) is 3.82. The zero-order valence-corrected chi connectivity index (χ0v) is 12.0. The lowest BCUT2D eigenvalue weighted by Gasteiger charge is -1.94. The molecule has 2 heteroatoms. The van der Waals surface area contributed by atoms with Crippen molar-refractivity contribution >= 4 is 24.8 Å². The second-order valence-electron chi connectivity index (χ2n) is 3.82. The van der Waals surface area contributed by atoms with Gasteiger partial charge in [0.05, 0.1) is 0 Å². The van der Waals surface area contributed by atoms with Crippen LogP contribution in [0, 0.1) is 0 Å². The molecule has 0 saturated heterocycles. The Hall–Kier alpha value is 0.320. The fourth-order valence-electron chi connectivity index (χ4n) is 1.44. The van der Waals surface area contributed by atoms with Crippen LogP contribution in [0.3, 0.4) is 0 Å². The van der Waals surface area contributed by atoms with Crippen molar-refractivity contribution in [1.82, 2.24) is 0 Å². The lowest BCUT2D eigenvalue weighted by Crippen LogP contribution is -1.74. The molecule has 0 fully saturated rings. The molecule has 0 aromatic carbocycles. The highest BCUT2D eigenvalue weighted by Crippen LogP contribution is 2.04. The van der Waals surface area contributed by atoms with E-state index in [1.165, 1.54) is 57.8 Å². The summed E-state index contributed by atoms with van der Waals surface area (Å²) < 4.78 is 0. The number of unbranched alkanes of at least 4 members (excludes halogenated alkanes) is 7. The summed E-state index contributed by atoms with van der Waals surface area (Å²) in [4.78, 5) is 0. The van der Waals surface area contributed by atoms with Gasteiger partial charge in [-0.15, -0.1) is 24.8 Å². The van der Waals surface area contributed by atoms with E-state index in [4.69, 9.17) is 0 Å². The van der Waals surface area contributed by atoms with Gasteiger partial charge < -0.3 is 0 Å². The Morgan fingerprint density at radius 3 is 1.47 bits per heavy atom. The van der Waals surface area contributed by atoms with Gasteiger partial charge >= 0.3 is 0 Å². The summed E-state index contributed by atoms with van der Waals surface area (Å²) in [5.74, 6) is 0. The molecule has 0 bridgehead atoms. The summed E-state index contributed by atoms with van der Waals surface area (Å²) in [5, 5.41) is 0. The maximum Gasteiger partial charge on any atom is -0.0351 e. The largest absolute Gasteiger partial charge is 0.147 e. The fraction of sp³-hybridized carbons (Fsp3) is 0.846. The van der Waals surface area contributed by atoms with E-state index in [1.54, 1.807) is 0 Å². The van der Waals surface area contributed by atoms with E-state index < -0.39 is 0 Å². The molecular formula is C13H28Cl2. The molecule has 0 N–H and O–H groups in total. The number of hydrogen-bond acceptors (Lipinski definition) is 0. The molecule has 94 valence electrons. The molecule has 0 unspecified atom stereocenters. The quantitative estimate of drug-likeness (QED) is 0.353. The molecule has 0 heterocycles. The fourth-order valence-corrected chi connectivity index (χ4v) is 1.44. The summed E-state index contributed by atoms with van der Waals surface area (Å²) in [6.45, 7) is 4.52. The molecule has 0 saturated carbocycles. The first kappa shape index (κ1) is 20.7. The van der Waals surface area contributed by atoms with Crippen LogP contribution in [0.2, 0.25) is 0 Å². The van der Waals surface area contributed by atoms with Gasteiger partial charge in [0.2, 0.25) is 0 Å². The van der Waals surface area contributed by atoms with Crippen LogP contribution < -0.4 is 0 Å². The molecule has 0 atom stereocenters. The van der Waals surface area contributed by atoms with E-state index in [-0.39, 0.29) is 24.8 Å². The SMILES string of the molecule is CCCCCC=CCCCCCC.Cl.Cl. The Morgan fingerprint density at radius 1 is 0.600 bits per heavy atom. The summed E-state index contributed by atoms with van der Waals surface area (Å²) >= 11 is 0. The predicted molar refractivity (Wildman–Crippen MR) is 76.5 cm³/mol. The molecule has 0 nitrogen and oxygen atoms in total. The van der Waals surface area contributed by atoms with Crippen LogP contribution in [-0.2, 0) is 0 Å². The van der Waals surface area contributed by atoms with Crippen molar-refractivity contribution in [2.24, 2.45) is 0 Å². The van der Waals surface area contributed by atoms with E-state index in [2.05, 4.69) is 26.0 Å². The van der Waals surface area contributed by atoms with Gasteiger partial charge in [-0.3, -0.25) is 0 Å². The highest BCUT2D eigenvalue weighted by atomic mass is 35.5. The van der Waals surface area contributed by atoms with E-state index in [0.29, 0.717) is 0 Å². The third-order valence-corrected chi connectivity index (χ3v) is 2.37. The minimum Gasteiger partial charge on any atom is -0.147 e. The van der Waals surface area contributed by atoms with E-state index in [1.807, 2.05) is 0 Å². The molecule has 0 rings (SSSR count). The molecule has 0 spiro atoms. The van der Waals surface area contributed by atoms with Gasteiger partial charge in [-0.05, 0) is 25.7 Å². The third kappa shape index (κ3) is 20.4. The molecule has 0 aromatic rings. The Balaban J connectivity index is -0.000000720. The number of hydrogen-bond donors (Lipinski definition) is 0. The van der Waals surface area contributed by atoms with Crippen molar-refractivity contribution < 1.29 is 0 Å². The van der Waals surface area contributed by atoms with E-state index in [0.717, 1.165) is 0 Å². The predicted octanol–water partition coefficient (Wildman–Crippen LogP) is 5.94. The minimum absolute atomic E-state index is 0. The number of halogens is 2. The van der Waals surface area contributed by atoms with Crippen molar-refractivity contribution in [1.29, 1.82) is 0 Å². The lowest BCUT2D eigenvalue weighted by molar-refractivity contribution is 0.672. The first-order valence-corrected chi connectivity index (χ1v) is 6.06. The van der Waals surface area contributed by atoms with Crippen LogP contribution in [0.1, 0.15) is 71.6 Å². The Kier molecular flexibility index (Phi) is 27.4. The highest BCUT2D eigenvalue weighted by Gasteiger charge is 1.84. The number of allylic oxidation sites excluding steroid dienone is 2. The van der Waals surface area contributed by atoms with E-state index in [9.17, 15) is 0 Å². The zero-order chi connectivity index (χ0) is 9.78. The summed E-state index contributed by atoms with van der Waals surface area (Å²) in [6, 6.07) is 0. The molecule has 0 aliphatic heterocycles. The Bertz CT molecular complexity index is 111. The number of rotatable bonds is 9. The third-order valence-electron chi connectivity index (χ3n) is 2.37. The van der Waals surface area contributed by atoms with Gasteiger partial charge in [0.15, 0.2) is 0 Å². The van der Waals surface area contributed by atoms with Crippen LogP contribution in [0.4, 0.5) is 0 Å². The van der Waals surface area contributed by atoms with E-state index >= 15 is 0 Å². The smallest absolute Gasteiger partial charge is 0.0351 e. The van der Waals surface area contributed by atoms with Gasteiger partial charge in [0.1, 0.15) is 0 Å². The summed E-state index contributed by atoms with van der Waals surface area (Å²) in [6.07, 6.45) is 17.0. The van der Waals surface area contributed by atoms with Gasteiger partial charge in [0.25, 0.3) is 0 Å². The normalized spacial score (nSPS) is 9.73. The average Bonchev–Trinajstić information content (AvgIpc) is 2.16. The molecule has 15 heavy (non-hydrogen) atoms. The maximum atomic E-state index is 2.37. The van der Waals surface area contributed by atoms with Gasteiger partial charge in [-0.25, -0.2) is 0 Å². The average molecular weight is 255 g/mol. The first-order valence-electron chi connectivity index (χ1n) is 6.06. The van der Waals surface area contributed by atoms with Crippen LogP contribution >= 0.6 is 24.8 Å². The lowest BCUT2D eigenvalue weighted by atomic mass is 10.1. The minimum atomic E-state index is 0. The van der Waals surface area contributed by atoms with Crippen molar-refractivity contribution in [2.75, 3.05) is 0 Å². The topological polar surface area (TPSA) is 0 Å². The van der Waals surface area contributed by atoms with Crippen LogP contribution in [0.15, 0.2) is 12.2 Å². The van der Waals surface area contributed by atoms with Gasteiger partial charge in [-0.2, -0.15) is 0 Å². The molecule has 0 aliphatic carbocycles. The standard InChI is InChI=1S/C13H26.2ClH/c1-3-5-7-9-11-13-12-10-8-6-4-2;;/h11,13H,3-10,12H2,1-2H3;2*1H. The Labute approximate surface area is 109 Å². The molecule has 0 radical (unpaired) electrons. The highest BCUT2D eigenvalue weighted by molar-refractivity contribution is 5.85. The first-order chi connectivity index (χ1) is 6.41. The van der Waals surface area contributed by atoms with Crippen molar-refractivity contribution in [2.45, 2.75) is 71.6 Å². The Morgan fingerprint density at radius 2 is 1.00 bits per heavy atom. The zero-order valence-electron chi connectivity index (χ0n) is 10.3. The van der Waals surface area contributed by atoms with Crippen molar-refractivity contribution in [3.63, 3.8) is 0 Å². The van der Waals surface area contributed by atoms with Crippen molar-refractivity contribution in [3.05, 3.63) is 12.2 Å². The molecule has 0 aliphatic rings.